The standard InChI is InChI=1S/C14H20N2O3/c1-18-12-5-4-11(7-15)13(6-12)19-9-14(17)16-8-10-2-3-10/h4-6,10H,2-3,7-9,15H2,1H3,(H,16,17). The molecule has 0 atom stereocenters. The lowest BCUT2D eigenvalue weighted by Crippen LogP contribution is -2.30. The Morgan fingerprint density at radius 1 is 1.47 bits per heavy atom. The summed E-state index contributed by atoms with van der Waals surface area (Å²) in [6.45, 7) is 1.12. The van der Waals surface area contributed by atoms with Crippen molar-refractivity contribution in [1.82, 2.24) is 5.32 Å². The maximum Gasteiger partial charge on any atom is 0.257 e. The zero-order chi connectivity index (χ0) is 13.7. The van der Waals surface area contributed by atoms with E-state index in [1.807, 2.05) is 12.1 Å². The Hall–Kier alpha value is -1.75. The van der Waals surface area contributed by atoms with Crippen LogP contribution in [0.3, 0.4) is 0 Å². The van der Waals surface area contributed by atoms with Crippen LogP contribution in [0.2, 0.25) is 0 Å². The zero-order valence-electron chi connectivity index (χ0n) is 11.1. The van der Waals surface area contributed by atoms with Gasteiger partial charge in [0.25, 0.3) is 5.91 Å². The largest absolute Gasteiger partial charge is 0.497 e. The van der Waals surface area contributed by atoms with Crippen LogP contribution in [0.1, 0.15) is 18.4 Å². The minimum atomic E-state index is -0.0994. The van der Waals surface area contributed by atoms with Gasteiger partial charge in [-0.05, 0) is 24.8 Å². The Labute approximate surface area is 113 Å². The Morgan fingerprint density at radius 2 is 2.26 bits per heavy atom. The van der Waals surface area contributed by atoms with Gasteiger partial charge in [0, 0.05) is 24.7 Å². The number of hydrogen-bond acceptors (Lipinski definition) is 4. The SMILES string of the molecule is COc1ccc(CN)c(OCC(=O)NCC2CC2)c1. The second kappa shape index (κ2) is 6.43. The van der Waals surface area contributed by atoms with E-state index in [9.17, 15) is 4.79 Å². The van der Waals surface area contributed by atoms with E-state index in [0.717, 1.165) is 12.1 Å². The number of nitrogens with two attached hydrogens (primary N) is 1. The Balaban J connectivity index is 1.87. The van der Waals surface area contributed by atoms with Crippen LogP contribution in [-0.4, -0.2) is 26.2 Å². The van der Waals surface area contributed by atoms with Crippen molar-refractivity contribution in [3.63, 3.8) is 0 Å². The molecule has 0 unspecified atom stereocenters. The van der Waals surface area contributed by atoms with Crippen molar-refractivity contribution >= 4 is 5.91 Å². The molecule has 0 aliphatic heterocycles. The van der Waals surface area contributed by atoms with Crippen molar-refractivity contribution in [2.75, 3.05) is 20.3 Å². The fourth-order valence-corrected chi connectivity index (χ4v) is 1.74. The molecular weight excluding hydrogens is 244 g/mol. The monoisotopic (exact) mass is 264 g/mol. The molecule has 1 saturated carbocycles. The van der Waals surface area contributed by atoms with E-state index in [-0.39, 0.29) is 12.5 Å². The number of rotatable bonds is 7. The molecule has 1 aromatic rings. The molecule has 0 bridgehead atoms. The van der Waals surface area contributed by atoms with Crippen LogP contribution in [0.25, 0.3) is 0 Å². The van der Waals surface area contributed by atoms with Gasteiger partial charge in [-0.25, -0.2) is 0 Å². The molecule has 1 fully saturated rings. The summed E-state index contributed by atoms with van der Waals surface area (Å²) in [5.74, 6) is 1.85. The van der Waals surface area contributed by atoms with Crippen LogP contribution in [0, 0.1) is 5.92 Å². The first-order valence-electron chi connectivity index (χ1n) is 6.49. The maximum absolute atomic E-state index is 11.6. The van der Waals surface area contributed by atoms with Gasteiger partial charge in [0.15, 0.2) is 6.61 Å². The molecule has 1 amide bonds. The molecule has 104 valence electrons. The molecular formula is C14H20N2O3. The lowest BCUT2D eigenvalue weighted by atomic mass is 10.2. The van der Waals surface area contributed by atoms with E-state index in [4.69, 9.17) is 15.2 Å². The molecule has 0 radical (unpaired) electrons. The fourth-order valence-electron chi connectivity index (χ4n) is 1.74. The minimum absolute atomic E-state index is 0.00683. The van der Waals surface area contributed by atoms with Gasteiger partial charge in [-0.2, -0.15) is 0 Å². The average molecular weight is 264 g/mol. The third-order valence-electron chi connectivity index (χ3n) is 3.14. The van der Waals surface area contributed by atoms with Crippen LogP contribution in [0.15, 0.2) is 18.2 Å². The normalized spacial score (nSPS) is 14.0. The Kier molecular flexibility index (Phi) is 4.63. The molecule has 3 N–H and O–H groups in total. The fraction of sp³-hybridized carbons (Fsp3) is 0.500. The van der Waals surface area contributed by atoms with Crippen LogP contribution >= 0.6 is 0 Å². The number of methoxy groups -OCH3 is 1. The van der Waals surface area contributed by atoms with E-state index in [1.54, 1.807) is 13.2 Å². The highest BCUT2D eigenvalue weighted by atomic mass is 16.5. The van der Waals surface area contributed by atoms with E-state index >= 15 is 0 Å². The molecule has 2 rings (SSSR count). The molecule has 0 aromatic heterocycles. The summed E-state index contributed by atoms with van der Waals surface area (Å²) in [5, 5.41) is 2.85. The molecule has 5 nitrogen and oxygen atoms in total. The van der Waals surface area contributed by atoms with Gasteiger partial charge in [0.2, 0.25) is 0 Å². The Morgan fingerprint density at radius 3 is 2.89 bits per heavy atom. The highest BCUT2D eigenvalue weighted by Crippen LogP contribution is 2.27. The second-order valence-electron chi connectivity index (χ2n) is 4.71. The average Bonchev–Trinajstić information content (AvgIpc) is 3.26. The molecule has 0 saturated heterocycles. The van der Waals surface area contributed by atoms with Crippen LogP contribution in [0.5, 0.6) is 11.5 Å². The molecule has 0 heterocycles. The van der Waals surface area contributed by atoms with Crippen molar-refractivity contribution in [1.29, 1.82) is 0 Å². The van der Waals surface area contributed by atoms with Crippen LogP contribution in [0.4, 0.5) is 0 Å². The molecule has 19 heavy (non-hydrogen) atoms. The molecule has 0 spiro atoms. The van der Waals surface area contributed by atoms with Gasteiger partial charge in [-0.15, -0.1) is 0 Å². The summed E-state index contributed by atoms with van der Waals surface area (Å²) >= 11 is 0. The first-order chi connectivity index (χ1) is 9.22. The predicted octanol–water partition coefficient (Wildman–Crippen LogP) is 1.06. The summed E-state index contributed by atoms with van der Waals surface area (Å²) in [7, 11) is 1.59. The smallest absolute Gasteiger partial charge is 0.257 e. The summed E-state index contributed by atoms with van der Waals surface area (Å²) in [6.07, 6.45) is 2.43. The first kappa shape index (κ1) is 13.7. The predicted molar refractivity (Wildman–Crippen MR) is 72.1 cm³/mol. The highest BCUT2D eigenvalue weighted by molar-refractivity contribution is 5.77. The summed E-state index contributed by atoms with van der Waals surface area (Å²) < 4.78 is 10.6. The van der Waals surface area contributed by atoms with Gasteiger partial charge >= 0.3 is 0 Å². The van der Waals surface area contributed by atoms with E-state index in [1.165, 1.54) is 12.8 Å². The third-order valence-corrected chi connectivity index (χ3v) is 3.14. The number of carbonyl (C=O) groups is 1. The van der Waals surface area contributed by atoms with Gasteiger partial charge in [0.05, 0.1) is 7.11 Å². The van der Waals surface area contributed by atoms with E-state index in [0.29, 0.717) is 24.0 Å². The lowest BCUT2D eigenvalue weighted by Gasteiger charge is -2.12. The van der Waals surface area contributed by atoms with Crippen LogP contribution in [-0.2, 0) is 11.3 Å². The molecule has 5 heteroatoms. The van der Waals surface area contributed by atoms with Crippen LogP contribution < -0.4 is 20.5 Å². The number of nitrogens with one attached hydrogen (secondary N) is 1. The molecule has 1 aliphatic rings. The number of benzene rings is 1. The lowest BCUT2D eigenvalue weighted by molar-refractivity contribution is -0.123. The first-order valence-corrected chi connectivity index (χ1v) is 6.49. The Bertz CT molecular complexity index is 444. The van der Waals surface area contributed by atoms with Crippen molar-refractivity contribution in [2.45, 2.75) is 19.4 Å². The number of ether oxygens (including phenoxy) is 2. The second-order valence-corrected chi connectivity index (χ2v) is 4.71. The van der Waals surface area contributed by atoms with Gasteiger partial charge in [-0.3, -0.25) is 4.79 Å². The van der Waals surface area contributed by atoms with Gasteiger partial charge < -0.3 is 20.5 Å². The van der Waals surface area contributed by atoms with Crippen molar-refractivity contribution in [2.24, 2.45) is 11.7 Å². The number of carbonyl (C=O) groups excluding carboxylic acids is 1. The van der Waals surface area contributed by atoms with Gasteiger partial charge in [0.1, 0.15) is 11.5 Å². The summed E-state index contributed by atoms with van der Waals surface area (Å²) in [6, 6.07) is 5.41. The topological polar surface area (TPSA) is 73.6 Å². The van der Waals surface area contributed by atoms with Gasteiger partial charge in [-0.1, -0.05) is 6.07 Å². The third kappa shape index (κ3) is 4.13. The highest BCUT2D eigenvalue weighted by Gasteiger charge is 2.21. The number of amides is 1. The van der Waals surface area contributed by atoms with E-state index in [2.05, 4.69) is 5.32 Å². The minimum Gasteiger partial charge on any atom is -0.497 e. The maximum atomic E-state index is 11.6. The van der Waals surface area contributed by atoms with Crippen molar-refractivity contribution in [3.05, 3.63) is 23.8 Å². The number of hydrogen-bond donors (Lipinski definition) is 2. The van der Waals surface area contributed by atoms with E-state index < -0.39 is 0 Å². The molecule has 1 aromatic carbocycles. The summed E-state index contributed by atoms with van der Waals surface area (Å²) in [4.78, 5) is 11.6. The quantitative estimate of drug-likeness (QED) is 0.772. The zero-order valence-corrected chi connectivity index (χ0v) is 11.1. The molecule has 1 aliphatic carbocycles. The van der Waals surface area contributed by atoms with Crippen molar-refractivity contribution in [3.8, 4) is 11.5 Å². The summed E-state index contributed by atoms with van der Waals surface area (Å²) in [5.41, 5.74) is 6.49. The van der Waals surface area contributed by atoms with Crippen molar-refractivity contribution < 1.29 is 14.3 Å².